The number of likely N-dealkylation sites (N-methyl/N-ethyl adjacent to an activating group) is 1. The second-order valence-corrected chi connectivity index (χ2v) is 8.89. The van der Waals surface area contributed by atoms with Crippen molar-refractivity contribution in [2.45, 2.75) is 26.3 Å². The lowest BCUT2D eigenvalue weighted by Crippen LogP contribution is -2.40. The van der Waals surface area contributed by atoms with E-state index in [0.29, 0.717) is 23.3 Å². The second-order valence-electron chi connectivity index (χ2n) is 6.66. The molecule has 0 radical (unpaired) electrons. The molecule has 1 fully saturated rings. The maximum atomic E-state index is 12.3. The largest absolute Gasteiger partial charge is 0.483 e. The lowest BCUT2D eigenvalue weighted by atomic mass is 10.1. The first kappa shape index (κ1) is 18.4. The van der Waals surface area contributed by atoms with Gasteiger partial charge in [-0.25, -0.2) is 13.2 Å². The van der Waals surface area contributed by atoms with Crippen molar-refractivity contribution in [3.8, 4) is 5.75 Å². The first-order valence-electron chi connectivity index (χ1n) is 8.31. The van der Waals surface area contributed by atoms with Crippen molar-refractivity contribution in [1.82, 2.24) is 4.90 Å². The third-order valence-corrected chi connectivity index (χ3v) is 6.57. The van der Waals surface area contributed by atoms with E-state index in [4.69, 9.17) is 9.15 Å². The molecule has 8 heteroatoms. The number of fused-ring (bicyclic) bond motifs is 1. The molecule has 1 aliphatic rings. The number of carbonyl (C=O) groups is 1. The molecule has 1 saturated heterocycles. The van der Waals surface area contributed by atoms with Gasteiger partial charge in [-0.3, -0.25) is 4.79 Å². The number of amides is 1. The van der Waals surface area contributed by atoms with E-state index in [0.717, 1.165) is 10.9 Å². The third-order valence-electron chi connectivity index (χ3n) is 4.82. The highest BCUT2D eigenvalue weighted by Crippen LogP contribution is 2.28. The maximum absolute atomic E-state index is 12.3. The Hall–Kier alpha value is -2.35. The SMILES string of the molecule is Cc1cc(=O)oc2c(C)c(OCC(=O)N(C)C3CCS(=O)(=O)C3)ccc12. The molecule has 2 heterocycles. The zero-order valence-corrected chi connectivity index (χ0v) is 15.8. The molecule has 2 aromatic rings. The van der Waals surface area contributed by atoms with Crippen LogP contribution in [0.15, 0.2) is 27.4 Å². The number of ether oxygens (including phenoxy) is 1. The topological polar surface area (TPSA) is 93.9 Å². The molecule has 0 spiro atoms. The predicted octanol–water partition coefficient (Wildman–Crippen LogP) is 1.43. The van der Waals surface area contributed by atoms with Gasteiger partial charge < -0.3 is 14.1 Å². The van der Waals surface area contributed by atoms with E-state index in [2.05, 4.69) is 0 Å². The highest BCUT2D eigenvalue weighted by atomic mass is 32.2. The summed E-state index contributed by atoms with van der Waals surface area (Å²) in [4.78, 5) is 25.4. The Morgan fingerprint density at radius 3 is 2.73 bits per heavy atom. The zero-order valence-electron chi connectivity index (χ0n) is 14.9. The first-order valence-corrected chi connectivity index (χ1v) is 10.1. The van der Waals surface area contributed by atoms with Crippen LogP contribution in [0, 0.1) is 13.8 Å². The fourth-order valence-corrected chi connectivity index (χ4v) is 4.96. The molecule has 1 aromatic heterocycles. The van der Waals surface area contributed by atoms with Gasteiger partial charge in [0.05, 0.1) is 11.5 Å². The maximum Gasteiger partial charge on any atom is 0.336 e. The summed E-state index contributed by atoms with van der Waals surface area (Å²) in [6, 6.07) is 4.64. The van der Waals surface area contributed by atoms with Crippen LogP contribution in [0.3, 0.4) is 0 Å². The Labute approximate surface area is 151 Å². The molecular formula is C18H21NO6S. The molecule has 140 valence electrons. The average molecular weight is 379 g/mol. The number of benzene rings is 1. The van der Waals surface area contributed by atoms with Crippen molar-refractivity contribution >= 4 is 26.7 Å². The normalized spacial score (nSPS) is 18.8. The van der Waals surface area contributed by atoms with Gasteiger partial charge in [0.2, 0.25) is 0 Å². The fourth-order valence-electron chi connectivity index (χ4n) is 3.18. The van der Waals surface area contributed by atoms with Crippen molar-refractivity contribution in [3.05, 3.63) is 39.7 Å². The molecule has 3 rings (SSSR count). The Morgan fingerprint density at radius 1 is 1.35 bits per heavy atom. The highest BCUT2D eigenvalue weighted by molar-refractivity contribution is 7.91. The Balaban J connectivity index is 1.74. The molecule has 1 amide bonds. The van der Waals surface area contributed by atoms with Gasteiger partial charge in [-0.2, -0.15) is 0 Å². The molecule has 0 N–H and O–H groups in total. The molecule has 0 saturated carbocycles. The Kier molecular flexibility index (Phi) is 4.79. The van der Waals surface area contributed by atoms with Crippen molar-refractivity contribution in [2.24, 2.45) is 0 Å². The van der Waals surface area contributed by atoms with Gasteiger partial charge in [0, 0.05) is 30.1 Å². The van der Waals surface area contributed by atoms with Crippen LogP contribution in [0.2, 0.25) is 0 Å². The van der Waals surface area contributed by atoms with Crippen LogP contribution in [0.25, 0.3) is 11.0 Å². The summed E-state index contributed by atoms with van der Waals surface area (Å²) >= 11 is 0. The van der Waals surface area contributed by atoms with Crippen molar-refractivity contribution in [3.63, 3.8) is 0 Å². The smallest absolute Gasteiger partial charge is 0.336 e. The molecule has 1 unspecified atom stereocenters. The Morgan fingerprint density at radius 2 is 2.08 bits per heavy atom. The summed E-state index contributed by atoms with van der Waals surface area (Å²) in [6.07, 6.45) is 0.448. The molecule has 1 aromatic carbocycles. The van der Waals surface area contributed by atoms with E-state index in [9.17, 15) is 18.0 Å². The summed E-state index contributed by atoms with van der Waals surface area (Å²) in [5, 5.41) is 0.814. The minimum absolute atomic E-state index is 0.00528. The lowest BCUT2D eigenvalue weighted by Gasteiger charge is -2.23. The molecule has 7 nitrogen and oxygen atoms in total. The monoisotopic (exact) mass is 379 g/mol. The first-order chi connectivity index (χ1) is 12.2. The molecule has 26 heavy (non-hydrogen) atoms. The second kappa shape index (κ2) is 6.75. The quantitative estimate of drug-likeness (QED) is 0.746. The minimum Gasteiger partial charge on any atom is -0.483 e. The number of nitrogens with zero attached hydrogens (tertiary/aromatic N) is 1. The van der Waals surface area contributed by atoms with Crippen molar-refractivity contribution in [2.75, 3.05) is 25.2 Å². The van der Waals surface area contributed by atoms with Gasteiger partial charge in [-0.15, -0.1) is 0 Å². The summed E-state index contributed by atoms with van der Waals surface area (Å²) in [7, 11) is -1.47. The van der Waals surface area contributed by atoms with Crippen molar-refractivity contribution < 1.29 is 22.4 Å². The summed E-state index contributed by atoms with van der Waals surface area (Å²) in [6.45, 7) is 3.38. The number of rotatable bonds is 4. The van der Waals surface area contributed by atoms with Crippen LogP contribution in [0.4, 0.5) is 0 Å². The number of aryl methyl sites for hydroxylation is 2. The molecular weight excluding hydrogens is 358 g/mol. The van der Waals surface area contributed by atoms with Gasteiger partial charge in [0.1, 0.15) is 11.3 Å². The number of hydrogen-bond acceptors (Lipinski definition) is 6. The van der Waals surface area contributed by atoms with Gasteiger partial charge in [-0.1, -0.05) is 0 Å². The van der Waals surface area contributed by atoms with Gasteiger partial charge in [-0.05, 0) is 38.0 Å². The van der Waals surface area contributed by atoms with Crippen LogP contribution in [-0.2, 0) is 14.6 Å². The van der Waals surface area contributed by atoms with Crippen LogP contribution in [0.5, 0.6) is 5.75 Å². The van der Waals surface area contributed by atoms with E-state index in [1.165, 1.54) is 11.0 Å². The Bertz CT molecular complexity index is 1020. The number of carbonyl (C=O) groups excluding carboxylic acids is 1. The summed E-state index contributed by atoms with van der Waals surface area (Å²) in [5.74, 6) is 0.261. The van der Waals surface area contributed by atoms with Crippen molar-refractivity contribution in [1.29, 1.82) is 0 Å². The summed E-state index contributed by atoms with van der Waals surface area (Å²) < 4.78 is 34.0. The van der Waals surface area contributed by atoms with E-state index in [-0.39, 0.29) is 30.1 Å². The van der Waals surface area contributed by atoms with Crippen LogP contribution >= 0.6 is 0 Å². The van der Waals surface area contributed by atoms with E-state index in [1.54, 1.807) is 26.1 Å². The van der Waals surface area contributed by atoms with E-state index in [1.807, 2.05) is 6.92 Å². The highest BCUT2D eigenvalue weighted by Gasteiger charge is 2.32. The zero-order chi connectivity index (χ0) is 19.1. The van der Waals surface area contributed by atoms with Crippen LogP contribution in [0.1, 0.15) is 17.5 Å². The van der Waals surface area contributed by atoms with Gasteiger partial charge >= 0.3 is 5.63 Å². The third kappa shape index (κ3) is 3.60. The molecule has 1 aliphatic heterocycles. The van der Waals surface area contributed by atoms with Crippen LogP contribution < -0.4 is 10.4 Å². The van der Waals surface area contributed by atoms with E-state index < -0.39 is 15.5 Å². The summed E-state index contributed by atoms with van der Waals surface area (Å²) in [5.41, 5.74) is 1.45. The number of sulfone groups is 1. The predicted molar refractivity (Wildman–Crippen MR) is 97.3 cm³/mol. The number of hydrogen-bond donors (Lipinski definition) is 0. The van der Waals surface area contributed by atoms with E-state index >= 15 is 0 Å². The fraction of sp³-hybridized carbons (Fsp3) is 0.444. The molecule has 0 aliphatic carbocycles. The minimum atomic E-state index is -3.06. The standard InChI is InChI=1S/C18H21NO6S/c1-11-8-17(21)25-18-12(2)15(5-4-14(11)18)24-9-16(20)19(3)13-6-7-26(22,23)10-13/h4-5,8,13H,6-7,9-10H2,1-3H3. The van der Waals surface area contributed by atoms with Gasteiger partial charge in [0.25, 0.3) is 5.91 Å². The van der Waals surface area contributed by atoms with Crippen LogP contribution in [-0.4, -0.2) is 50.4 Å². The molecule has 1 atom stereocenters. The molecule has 0 bridgehead atoms. The lowest BCUT2D eigenvalue weighted by molar-refractivity contribution is -0.133. The average Bonchev–Trinajstić information content (AvgIpc) is 2.93. The van der Waals surface area contributed by atoms with Gasteiger partial charge in [0.15, 0.2) is 16.4 Å².